The second-order valence-corrected chi connectivity index (χ2v) is 6.99. The van der Waals surface area contributed by atoms with Crippen molar-refractivity contribution in [3.05, 3.63) is 52.2 Å². The lowest BCUT2D eigenvalue weighted by atomic mass is 10.3. The van der Waals surface area contributed by atoms with Crippen LogP contribution in [0.15, 0.2) is 35.0 Å². The van der Waals surface area contributed by atoms with Gasteiger partial charge in [0.15, 0.2) is 0 Å². The predicted molar refractivity (Wildman–Crippen MR) is 95.6 cm³/mol. The zero-order valence-electron chi connectivity index (χ0n) is 13.9. The van der Waals surface area contributed by atoms with Crippen LogP contribution in [-0.4, -0.2) is 48.4 Å². The average molecular weight is 365 g/mol. The first-order valence-corrected chi connectivity index (χ1v) is 9.25. The number of thiophene rings is 1. The fourth-order valence-corrected chi connectivity index (χ4v) is 3.62. The van der Waals surface area contributed by atoms with Crippen molar-refractivity contribution in [1.29, 1.82) is 0 Å². The monoisotopic (exact) mass is 365 g/mol. The number of carbonyl (C=O) groups is 1. The molecule has 0 radical (unpaired) electrons. The molecule has 0 saturated carbocycles. The van der Waals surface area contributed by atoms with Gasteiger partial charge in [0.05, 0.1) is 12.2 Å². The highest BCUT2D eigenvalue weighted by atomic mass is 32.1. The van der Waals surface area contributed by atoms with Crippen LogP contribution in [0.5, 0.6) is 0 Å². The number of rotatable bonds is 5. The first kappa shape index (κ1) is 18.0. The molecule has 1 fully saturated rings. The Morgan fingerprint density at radius 2 is 1.92 bits per heavy atom. The van der Waals surface area contributed by atoms with Crippen LogP contribution in [0, 0.1) is 11.6 Å². The van der Waals surface area contributed by atoms with E-state index in [9.17, 15) is 13.6 Å². The highest BCUT2D eigenvalue weighted by Gasteiger charge is 2.18. The number of nitrogens with one attached hydrogen (secondary N) is 1. The molecule has 1 aromatic carbocycles. The largest absolute Gasteiger partial charge is 0.322 e. The van der Waals surface area contributed by atoms with Gasteiger partial charge in [0.1, 0.15) is 11.6 Å². The number of halogens is 2. The van der Waals surface area contributed by atoms with Gasteiger partial charge < -0.3 is 5.32 Å². The van der Waals surface area contributed by atoms with Gasteiger partial charge in [-0.1, -0.05) is 0 Å². The molecule has 1 saturated heterocycles. The quantitative estimate of drug-likeness (QED) is 0.884. The summed E-state index contributed by atoms with van der Waals surface area (Å²) in [6, 6.07) is 5.28. The lowest BCUT2D eigenvalue weighted by Gasteiger charge is -2.21. The number of anilines is 1. The number of amides is 1. The van der Waals surface area contributed by atoms with E-state index in [0.717, 1.165) is 51.3 Å². The Bertz CT molecular complexity index is 708. The van der Waals surface area contributed by atoms with E-state index in [-0.39, 0.29) is 18.1 Å². The molecule has 0 spiro atoms. The van der Waals surface area contributed by atoms with Gasteiger partial charge in [-0.25, -0.2) is 8.78 Å². The van der Waals surface area contributed by atoms with Crippen molar-refractivity contribution >= 4 is 22.9 Å². The maximum absolute atomic E-state index is 13.6. The molecule has 1 N–H and O–H groups in total. The molecule has 4 nitrogen and oxygen atoms in total. The minimum Gasteiger partial charge on any atom is -0.322 e. The SMILES string of the molecule is O=C(CN1CCCN(Cc2ccsc2)CC1)Nc1ccc(F)cc1F. The van der Waals surface area contributed by atoms with Crippen LogP contribution >= 0.6 is 11.3 Å². The molecule has 1 aromatic heterocycles. The summed E-state index contributed by atoms with van der Waals surface area (Å²) in [6.45, 7) is 4.67. The van der Waals surface area contributed by atoms with Gasteiger partial charge in [0, 0.05) is 25.7 Å². The molecule has 134 valence electrons. The Balaban J connectivity index is 1.48. The summed E-state index contributed by atoms with van der Waals surface area (Å²) >= 11 is 1.70. The first-order valence-electron chi connectivity index (χ1n) is 8.31. The zero-order chi connectivity index (χ0) is 17.6. The Kier molecular flexibility index (Phi) is 6.12. The lowest BCUT2D eigenvalue weighted by Crippen LogP contribution is -2.36. The van der Waals surface area contributed by atoms with Gasteiger partial charge in [-0.2, -0.15) is 11.3 Å². The van der Waals surface area contributed by atoms with Crippen LogP contribution in [0.4, 0.5) is 14.5 Å². The number of hydrogen-bond donors (Lipinski definition) is 1. The van der Waals surface area contributed by atoms with Gasteiger partial charge in [0.2, 0.25) is 5.91 Å². The minimum atomic E-state index is -0.758. The average Bonchev–Trinajstić information content (AvgIpc) is 2.98. The summed E-state index contributed by atoms with van der Waals surface area (Å²) in [6.07, 6.45) is 0.988. The molecular formula is C18H21F2N3OS. The van der Waals surface area contributed by atoms with Crippen molar-refractivity contribution in [2.75, 3.05) is 38.0 Å². The number of benzene rings is 1. The van der Waals surface area contributed by atoms with Crippen LogP contribution in [0.3, 0.4) is 0 Å². The number of carbonyl (C=O) groups excluding carboxylic acids is 1. The number of hydrogen-bond acceptors (Lipinski definition) is 4. The molecule has 25 heavy (non-hydrogen) atoms. The Morgan fingerprint density at radius 1 is 1.12 bits per heavy atom. The van der Waals surface area contributed by atoms with Gasteiger partial charge in [0.25, 0.3) is 0 Å². The zero-order valence-corrected chi connectivity index (χ0v) is 14.7. The molecule has 1 amide bonds. The van der Waals surface area contributed by atoms with Gasteiger partial charge >= 0.3 is 0 Å². The summed E-state index contributed by atoms with van der Waals surface area (Å²) in [5, 5.41) is 6.76. The van der Waals surface area contributed by atoms with Gasteiger partial charge in [-0.05, 0) is 54.0 Å². The highest BCUT2D eigenvalue weighted by molar-refractivity contribution is 7.07. The molecule has 7 heteroatoms. The van der Waals surface area contributed by atoms with E-state index in [0.29, 0.717) is 0 Å². The van der Waals surface area contributed by atoms with Crippen LogP contribution < -0.4 is 5.32 Å². The minimum absolute atomic E-state index is 0.0142. The third-order valence-corrected chi connectivity index (χ3v) is 4.97. The Hall–Kier alpha value is -1.83. The maximum Gasteiger partial charge on any atom is 0.238 e. The molecule has 0 bridgehead atoms. The van der Waals surface area contributed by atoms with Crippen LogP contribution in [0.1, 0.15) is 12.0 Å². The van der Waals surface area contributed by atoms with Crippen molar-refractivity contribution in [2.24, 2.45) is 0 Å². The molecular weight excluding hydrogens is 344 g/mol. The van der Waals surface area contributed by atoms with Crippen molar-refractivity contribution in [1.82, 2.24) is 9.80 Å². The second-order valence-electron chi connectivity index (χ2n) is 6.21. The van der Waals surface area contributed by atoms with Crippen LogP contribution in [-0.2, 0) is 11.3 Å². The summed E-state index contributed by atoms with van der Waals surface area (Å²) in [5.41, 5.74) is 1.34. The Labute approximate surface area is 150 Å². The van der Waals surface area contributed by atoms with E-state index in [1.807, 2.05) is 0 Å². The van der Waals surface area contributed by atoms with Gasteiger partial charge in [-0.15, -0.1) is 0 Å². The molecule has 2 heterocycles. The molecule has 1 aliphatic rings. The predicted octanol–water partition coefficient (Wildman–Crippen LogP) is 3.17. The van der Waals surface area contributed by atoms with E-state index >= 15 is 0 Å². The van der Waals surface area contributed by atoms with E-state index in [1.54, 1.807) is 11.3 Å². The van der Waals surface area contributed by atoms with Gasteiger partial charge in [-0.3, -0.25) is 14.6 Å². The lowest BCUT2D eigenvalue weighted by molar-refractivity contribution is -0.117. The maximum atomic E-state index is 13.6. The van der Waals surface area contributed by atoms with Crippen molar-refractivity contribution in [3.63, 3.8) is 0 Å². The fraction of sp³-hybridized carbons (Fsp3) is 0.389. The van der Waals surface area contributed by atoms with E-state index in [4.69, 9.17) is 0 Å². The second kappa shape index (κ2) is 8.51. The third kappa shape index (κ3) is 5.32. The van der Waals surface area contributed by atoms with Crippen molar-refractivity contribution in [3.8, 4) is 0 Å². The fourth-order valence-electron chi connectivity index (χ4n) is 2.97. The van der Waals surface area contributed by atoms with Crippen LogP contribution in [0.25, 0.3) is 0 Å². The third-order valence-electron chi connectivity index (χ3n) is 4.24. The number of nitrogens with zero attached hydrogens (tertiary/aromatic N) is 2. The topological polar surface area (TPSA) is 35.6 Å². The van der Waals surface area contributed by atoms with E-state index in [2.05, 4.69) is 31.9 Å². The van der Waals surface area contributed by atoms with Crippen molar-refractivity contribution < 1.29 is 13.6 Å². The summed E-state index contributed by atoms with van der Waals surface area (Å²) in [4.78, 5) is 16.6. The van der Waals surface area contributed by atoms with Crippen molar-refractivity contribution in [2.45, 2.75) is 13.0 Å². The summed E-state index contributed by atoms with van der Waals surface area (Å²) in [7, 11) is 0. The smallest absolute Gasteiger partial charge is 0.238 e. The molecule has 0 unspecified atom stereocenters. The molecule has 2 aromatic rings. The normalized spacial score (nSPS) is 16.6. The summed E-state index contributed by atoms with van der Waals surface area (Å²) < 4.78 is 26.5. The molecule has 3 rings (SSSR count). The molecule has 0 atom stereocenters. The highest BCUT2D eigenvalue weighted by Crippen LogP contribution is 2.15. The molecule has 0 aliphatic carbocycles. The van der Waals surface area contributed by atoms with Crippen LogP contribution in [0.2, 0.25) is 0 Å². The standard InChI is InChI=1S/C18H21F2N3OS/c19-15-2-3-17(16(20)10-15)21-18(24)12-23-6-1-5-22(7-8-23)11-14-4-9-25-13-14/h2-4,9-10,13H,1,5-8,11-12H2,(H,21,24). The van der Waals surface area contributed by atoms with E-state index in [1.165, 1.54) is 11.6 Å². The first-order chi connectivity index (χ1) is 12.1. The van der Waals surface area contributed by atoms with E-state index < -0.39 is 11.6 Å². The Morgan fingerprint density at radius 3 is 2.68 bits per heavy atom. The summed E-state index contributed by atoms with van der Waals surface area (Å²) in [5.74, 6) is -1.70. The molecule has 1 aliphatic heterocycles.